The van der Waals surface area contributed by atoms with Crippen molar-refractivity contribution in [1.29, 1.82) is 0 Å². The third-order valence-electron chi connectivity index (χ3n) is 11.8. The Morgan fingerprint density at radius 3 is 1.25 bits per heavy atom. The molecule has 0 aromatic heterocycles. The molecule has 0 heterocycles. The van der Waals surface area contributed by atoms with E-state index in [1.165, 1.54) is 173 Å². The van der Waals surface area contributed by atoms with Gasteiger partial charge in [0.15, 0.2) is 0 Å². The van der Waals surface area contributed by atoms with Crippen molar-refractivity contribution in [3.63, 3.8) is 0 Å². The van der Waals surface area contributed by atoms with Crippen LogP contribution in [0.4, 0.5) is 0 Å². The summed E-state index contributed by atoms with van der Waals surface area (Å²) in [7, 11) is 0. The number of carbonyl (C=O) groups is 2. The predicted octanol–water partition coefficient (Wildman–Crippen LogP) is 15.0. The fourth-order valence-corrected chi connectivity index (χ4v) is 7.87. The summed E-state index contributed by atoms with van der Waals surface area (Å²) in [4.78, 5) is 24.4. The lowest BCUT2D eigenvalue weighted by atomic mass is 10.0. The first-order valence-corrected chi connectivity index (χ1v) is 25.4. The summed E-state index contributed by atoms with van der Waals surface area (Å²) in [6.45, 7) is 4.91. The number of aliphatic hydroxyl groups is 2. The van der Waals surface area contributed by atoms with Crippen molar-refractivity contribution < 1.29 is 24.5 Å². The predicted molar refractivity (Wildman–Crippen MR) is 246 cm³/mol. The van der Waals surface area contributed by atoms with Crippen LogP contribution >= 0.6 is 0 Å². The monoisotopic (exact) mass is 806 g/mol. The quantitative estimate of drug-likeness (QED) is 0.0323. The molecular weight excluding hydrogens is 707 g/mol. The van der Waals surface area contributed by atoms with Crippen LogP contribution in [0.3, 0.4) is 0 Å². The van der Waals surface area contributed by atoms with Gasteiger partial charge in [0.05, 0.1) is 25.4 Å². The van der Waals surface area contributed by atoms with Gasteiger partial charge in [0.25, 0.3) is 0 Å². The van der Waals surface area contributed by atoms with Gasteiger partial charge in [-0.15, -0.1) is 0 Å². The average Bonchev–Trinajstić information content (AvgIpc) is 3.21. The Hall–Kier alpha value is -1.40. The maximum atomic E-state index is 12.4. The second-order valence-corrected chi connectivity index (χ2v) is 17.5. The van der Waals surface area contributed by atoms with Gasteiger partial charge in [-0.3, -0.25) is 9.59 Å². The fraction of sp³-hybridized carbons (Fsp3) is 0.922. The SMILES string of the molecule is CCCCCCCCCCCCCCCCCC(=O)OCCCCCC/C=C\CCCCCCCCCC(=O)NC(CO)C(O)CCCCCCCCCCCC. The van der Waals surface area contributed by atoms with Gasteiger partial charge in [0, 0.05) is 12.8 Å². The van der Waals surface area contributed by atoms with E-state index in [2.05, 4.69) is 31.3 Å². The van der Waals surface area contributed by atoms with Crippen molar-refractivity contribution >= 4 is 11.9 Å². The first-order valence-electron chi connectivity index (χ1n) is 25.4. The Bertz CT molecular complexity index is 847. The second kappa shape index (κ2) is 47.3. The van der Waals surface area contributed by atoms with Gasteiger partial charge in [0.2, 0.25) is 5.91 Å². The van der Waals surface area contributed by atoms with Crippen molar-refractivity contribution in [2.45, 2.75) is 289 Å². The minimum atomic E-state index is -0.671. The smallest absolute Gasteiger partial charge is 0.305 e. The standard InChI is InChI=1S/C51H99NO5/c1-3-5-7-9-11-13-15-16-18-22-25-29-33-37-41-45-51(56)57-46-42-38-34-30-26-23-20-17-19-21-24-28-32-36-40-44-50(55)52-48(47-53)49(54)43-39-35-31-27-14-12-10-8-6-4-2/h20,23,48-49,53-54H,3-19,21-22,24-47H2,1-2H3,(H,52,55)/b23-20-. The Morgan fingerprint density at radius 1 is 0.474 bits per heavy atom. The third kappa shape index (κ3) is 44.0. The van der Waals surface area contributed by atoms with E-state index in [4.69, 9.17) is 4.74 Å². The van der Waals surface area contributed by atoms with E-state index in [9.17, 15) is 19.8 Å². The number of nitrogens with one attached hydrogen (secondary N) is 1. The zero-order valence-electron chi connectivity index (χ0n) is 38.3. The molecule has 3 N–H and O–H groups in total. The molecule has 0 aromatic rings. The van der Waals surface area contributed by atoms with Gasteiger partial charge >= 0.3 is 5.97 Å². The van der Waals surface area contributed by atoms with Gasteiger partial charge < -0.3 is 20.3 Å². The van der Waals surface area contributed by atoms with Crippen LogP contribution in [0.1, 0.15) is 277 Å². The maximum Gasteiger partial charge on any atom is 0.305 e. The lowest BCUT2D eigenvalue weighted by Gasteiger charge is -2.22. The van der Waals surface area contributed by atoms with Crippen LogP contribution in [0, 0.1) is 0 Å². The molecule has 0 aliphatic heterocycles. The van der Waals surface area contributed by atoms with E-state index in [-0.39, 0.29) is 18.5 Å². The number of hydrogen-bond acceptors (Lipinski definition) is 5. The molecule has 338 valence electrons. The molecule has 6 nitrogen and oxygen atoms in total. The van der Waals surface area contributed by atoms with E-state index in [1.54, 1.807) is 0 Å². The van der Waals surface area contributed by atoms with Crippen LogP contribution in [-0.2, 0) is 14.3 Å². The van der Waals surface area contributed by atoms with Crippen LogP contribution in [0.15, 0.2) is 12.2 Å². The number of hydrogen-bond donors (Lipinski definition) is 3. The molecule has 0 radical (unpaired) electrons. The van der Waals surface area contributed by atoms with Gasteiger partial charge in [-0.05, 0) is 51.4 Å². The molecule has 0 fully saturated rings. The average molecular weight is 806 g/mol. The van der Waals surface area contributed by atoms with E-state index >= 15 is 0 Å². The molecule has 0 saturated heterocycles. The van der Waals surface area contributed by atoms with Crippen molar-refractivity contribution in [2.75, 3.05) is 13.2 Å². The minimum Gasteiger partial charge on any atom is -0.466 e. The molecule has 0 rings (SSSR count). The number of carbonyl (C=O) groups excluding carboxylic acids is 2. The van der Waals surface area contributed by atoms with Crippen LogP contribution in [0.2, 0.25) is 0 Å². The lowest BCUT2D eigenvalue weighted by Crippen LogP contribution is -2.45. The molecule has 0 aliphatic carbocycles. The third-order valence-corrected chi connectivity index (χ3v) is 11.8. The number of unbranched alkanes of at least 4 members (excludes halogenated alkanes) is 34. The van der Waals surface area contributed by atoms with E-state index in [0.717, 1.165) is 70.6 Å². The number of rotatable bonds is 47. The van der Waals surface area contributed by atoms with Gasteiger partial charge in [-0.1, -0.05) is 225 Å². The van der Waals surface area contributed by atoms with Gasteiger partial charge in [-0.25, -0.2) is 0 Å². The first kappa shape index (κ1) is 55.6. The molecule has 1 amide bonds. The zero-order chi connectivity index (χ0) is 41.5. The molecule has 6 heteroatoms. The number of amides is 1. The molecule has 0 aliphatic rings. The molecule has 2 atom stereocenters. The highest BCUT2D eigenvalue weighted by molar-refractivity contribution is 5.76. The van der Waals surface area contributed by atoms with Crippen molar-refractivity contribution in [3.8, 4) is 0 Å². The first-order chi connectivity index (χ1) is 28.0. The Kier molecular flexibility index (Phi) is 46.1. The lowest BCUT2D eigenvalue weighted by molar-refractivity contribution is -0.143. The number of allylic oxidation sites excluding steroid dienone is 2. The molecule has 0 spiro atoms. The van der Waals surface area contributed by atoms with Crippen molar-refractivity contribution in [2.24, 2.45) is 0 Å². The van der Waals surface area contributed by atoms with E-state index < -0.39 is 12.1 Å². The molecule has 0 aromatic carbocycles. The Morgan fingerprint density at radius 2 is 0.825 bits per heavy atom. The highest BCUT2D eigenvalue weighted by atomic mass is 16.5. The summed E-state index contributed by atoms with van der Waals surface area (Å²) in [6.07, 6.45) is 53.3. The largest absolute Gasteiger partial charge is 0.466 e. The Labute approximate surface area is 355 Å². The van der Waals surface area contributed by atoms with Crippen LogP contribution in [0.25, 0.3) is 0 Å². The maximum absolute atomic E-state index is 12.4. The minimum absolute atomic E-state index is 0.00736. The molecule has 57 heavy (non-hydrogen) atoms. The number of aliphatic hydroxyl groups excluding tert-OH is 2. The number of ether oxygens (including phenoxy) is 1. The second-order valence-electron chi connectivity index (χ2n) is 17.5. The normalized spacial score (nSPS) is 12.7. The summed E-state index contributed by atoms with van der Waals surface area (Å²) in [5.74, 6) is -0.0589. The highest BCUT2D eigenvalue weighted by Gasteiger charge is 2.20. The fourth-order valence-electron chi connectivity index (χ4n) is 7.87. The van der Waals surface area contributed by atoms with Crippen LogP contribution < -0.4 is 5.32 Å². The van der Waals surface area contributed by atoms with Gasteiger partial charge in [-0.2, -0.15) is 0 Å². The van der Waals surface area contributed by atoms with Gasteiger partial charge in [0.1, 0.15) is 0 Å². The van der Waals surface area contributed by atoms with Crippen LogP contribution in [0.5, 0.6) is 0 Å². The summed E-state index contributed by atoms with van der Waals surface area (Å²) >= 11 is 0. The number of esters is 1. The van der Waals surface area contributed by atoms with Crippen molar-refractivity contribution in [1.82, 2.24) is 5.32 Å². The zero-order valence-corrected chi connectivity index (χ0v) is 38.3. The van der Waals surface area contributed by atoms with Crippen molar-refractivity contribution in [3.05, 3.63) is 12.2 Å². The van der Waals surface area contributed by atoms with Crippen LogP contribution in [-0.4, -0.2) is 47.4 Å². The topological polar surface area (TPSA) is 95.9 Å². The molecule has 0 bridgehead atoms. The Balaban J connectivity index is 3.44. The molecule has 0 saturated carbocycles. The van der Waals surface area contributed by atoms with E-state index in [1.807, 2.05) is 0 Å². The summed E-state index contributed by atoms with van der Waals surface area (Å²) in [6, 6.07) is -0.550. The summed E-state index contributed by atoms with van der Waals surface area (Å²) < 4.78 is 5.46. The van der Waals surface area contributed by atoms with E-state index in [0.29, 0.717) is 25.9 Å². The molecular formula is C51H99NO5. The summed E-state index contributed by atoms with van der Waals surface area (Å²) in [5.41, 5.74) is 0. The molecule has 2 unspecified atom stereocenters. The highest BCUT2D eigenvalue weighted by Crippen LogP contribution is 2.16. The summed E-state index contributed by atoms with van der Waals surface area (Å²) in [5, 5.41) is 23.1.